The van der Waals surface area contributed by atoms with Gasteiger partial charge in [-0.15, -0.1) is 0 Å². The summed E-state index contributed by atoms with van der Waals surface area (Å²) in [6.45, 7) is 0.381. The third-order valence-corrected chi connectivity index (χ3v) is 6.31. The fourth-order valence-electron chi connectivity index (χ4n) is 4.06. The summed E-state index contributed by atoms with van der Waals surface area (Å²) in [6, 6.07) is 24.6. The topological polar surface area (TPSA) is 71.1 Å². The zero-order chi connectivity index (χ0) is 22.8. The smallest absolute Gasteiger partial charge is 0.251 e. The van der Waals surface area contributed by atoms with Crippen molar-refractivity contribution in [3.63, 3.8) is 0 Å². The van der Waals surface area contributed by atoms with Gasteiger partial charge in [-0.05, 0) is 65.8 Å². The molecule has 1 aliphatic carbocycles. The van der Waals surface area contributed by atoms with E-state index in [0.717, 1.165) is 34.1 Å². The van der Waals surface area contributed by atoms with Gasteiger partial charge < -0.3 is 10.6 Å². The average molecular weight is 456 g/mol. The molecule has 1 fully saturated rings. The molecule has 1 aliphatic rings. The van der Waals surface area contributed by atoms with Gasteiger partial charge in [0.15, 0.2) is 0 Å². The largest absolute Gasteiger partial charge is 0.346 e. The highest BCUT2D eigenvalue weighted by Crippen LogP contribution is 2.48. The standard InChI is InChI=1S/C27H22ClN3O2/c28-25-6-3-4-17-11-12-20(14-23(17)25)31-27(33)24-15-22(24)18-7-9-19(10-8-18)26(32)30-16-21-5-1-2-13-29-21/h1-14,22,24H,15-16H2,(H,30,32)(H,31,33)/t22-,24+/m0/s1. The number of amides is 2. The molecule has 33 heavy (non-hydrogen) atoms. The Morgan fingerprint density at radius 2 is 1.82 bits per heavy atom. The van der Waals surface area contributed by atoms with Crippen LogP contribution in [-0.2, 0) is 11.3 Å². The van der Waals surface area contributed by atoms with Crippen LogP contribution in [0.2, 0.25) is 5.02 Å². The molecule has 1 saturated carbocycles. The fraction of sp³-hybridized carbons (Fsp3) is 0.148. The van der Waals surface area contributed by atoms with Crippen molar-refractivity contribution in [1.29, 1.82) is 0 Å². The van der Waals surface area contributed by atoms with Crippen molar-refractivity contribution in [3.8, 4) is 0 Å². The number of rotatable bonds is 6. The highest BCUT2D eigenvalue weighted by Gasteiger charge is 2.43. The number of nitrogens with zero attached hydrogens (tertiary/aromatic N) is 1. The molecule has 1 aromatic heterocycles. The van der Waals surface area contributed by atoms with Gasteiger partial charge in [-0.25, -0.2) is 0 Å². The Bertz CT molecular complexity index is 1320. The van der Waals surface area contributed by atoms with Gasteiger partial charge in [0.05, 0.1) is 12.2 Å². The lowest BCUT2D eigenvalue weighted by Gasteiger charge is -2.08. The minimum Gasteiger partial charge on any atom is -0.346 e. The number of fused-ring (bicyclic) bond motifs is 1. The van der Waals surface area contributed by atoms with Crippen molar-refractivity contribution in [3.05, 3.63) is 107 Å². The number of benzene rings is 3. The SMILES string of the molecule is O=C(NCc1ccccn1)c1ccc([C@@H]2C[C@H]2C(=O)Nc2ccc3cccc(Cl)c3c2)cc1. The molecule has 164 valence electrons. The van der Waals surface area contributed by atoms with Gasteiger partial charge >= 0.3 is 0 Å². The lowest BCUT2D eigenvalue weighted by atomic mass is 10.1. The molecular weight excluding hydrogens is 434 g/mol. The predicted molar refractivity (Wildman–Crippen MR) is 130 cm³/mol. The average Bonchev–Trinajstić information content (AvgIpc) is 3.65. The molecule has 0 spiro atoms. The second kappa shape index (κ2) is 9.04. The van der Waals surface area contributed by atoms with Crippen LogP contribution >= 0.6 is 11.6 Å². The van der Waals surface area contributed by atoms with Crippen LogP contribution in [0.3, 0.4) is 0 Å². The van der Waals surface area contributed by atoms with Crippen LogP contribution in [0.5, 0.6) is 0 Å². The molecule has 0 aliphatic heterocycles. The normalized spacial score (nSPS) is 16.9. The summed E-state index contributed by atoms with van der Waals surface area (Å²) in [4.78, 5) is 29.4. The minimum atomic E-state index is -0.146. The Labute approximate surface area is 196 Å². The van der Waals surface area contributed by atoms with Crippen LogP contribution in [-0.4, -0.2) is 16.8 Å². The highest BCUT2D eigenvalue weighted by molar-refractivity contribution is 6.35. The van der Waals surface area contributed by atoms with Gasteiger partial charge in [-0.3, -0.25) is 14.6 Å². The molecule has 2 N–H and O–H groups in total. The fourth-order valence-corrected chi connectivity index (χ4v) is 4.29. The monoisotopic (exact) mass is 455 g/mol. The van der Waals surface area contributed by atoms with Gasteiger partial charge in [0.1, 0.15) is 0 Å². The quantitative estimate of drug-likeness (QED) is 0.400. The van der Waals surface area contributed by atoms with E-state index in [1.807, 2.05) is 78.9 Å². The van der Waals surface area contributed by atoms with E-state index in [2.05, 4.69) is 15.6 Å². The van der Waals surface area contributed by atoms with E-state index in [4.69, 9.17) is 11.6 Å². The molecule has 4 aromatic rings. The van der Waals surface area contributed by atoms with Crippen molar-refractivity contribution in [2.45, 2.75) is 18.9 Å². The van der Waals surface area contributed by atoms with Crippen molar-refractivity contribution >= 4 is 39.9 Å². The molecule has 2 atom stereocenters. The van der Waals surface area contributed by atoms with E-state index >= 15 is 0 Å². The van der Waals surface area contributed by atoms with Crippen LogP contribution in [0.1, 0.15) is 34.0 Å². The Balaban J connectivity index is 1.18. The van der Waals surface area contributed by atoms with Gasteiger partial charge in [0.25, 0.3) is 5.91 Å². The molecule has 6 heteroatoms. The number of carbonyl (C=O) groups excluding carboxylic acids is 2. The minimum absolute atomic E-state index is 0.00332. The van der Waals surface area contributed by atoms with Crippen LogP contribution < -0.4 is 10.6 Å². The molecule has 0 unspecified atom stereocenters. The second-order valence-corrected chi connectivity index (χ2v) is 8.65. The zero-order valence-electron chi connectivity index (χ0n) is 17.8. The van der Waals surface area contributed by atoms with Crippen molar-refractivity contribution in [2.24, 2.45) is 5.92 Å². The number of anilines is 1. The van der Waals surface area contributed by atoms with Gasteiger partial charge in [0, 0.05) is 33.8 Å². The second-order valence-electron chi connectivity index (χ2n) is 8.24. The lowest BCUT2D eigenvalue weighted by molar-refractivity contribution is -0.117. The summed E-state index contributed by atoms with van der Waals surface area (Å²) in [5.74, 6) is -0.0497. The number of carbonyl (C=O) groups is 2. The number of aromatic nitrogens is 1. The maximum atomic E-state index is 12.8. The van der Waals surface area contributed by atoms with Crippen LogP contribution in [0, 0.1) is 5.92 Å². The van der Waals surface area contributed by atoms with Crippen LogP contribution in [0.4, 0.5) is 5.69 Å². The molecule has 0 saturated heterocycles. The predicted octanol–water partition coefficient (Wildman–Crippen LogP) is 5.56. The first-order valence-electron chi connectivity index (χ1n) is 10.9. The first kappa shape index (κ1) is 21.2. The maximum Gasteiger partial charge on any atom is 0.251 e. The molecule has 1 heterocycles. The van der Waals surface area contributed by atoms with E-state index in [1.54, 1.807) is 6.20 Å². The lowest BCUT2D eigenvalue weighted by Crippen LogP contribution is -2.23. The highest BCUT2D eigenvalue weighted by atomic mass is 35.5. The van der Waals surface area contributed by atoms with Gasteiger partial charge in [-0.1, -0.05) is 48.0 Å². The summed E-state index contributed by atoms with van der Waals surface area (Å²) >= 11 is 6.29. The van der Waals surface area contributed by atoms with E-state index in [0.29, 0.717) is 17.1 Å². The van der Waals surface area contributed by atoms with Crippen molar-refractivity contribution < 1.29 is 9.59 Å². The number of hydrogen-bond acceptors (Lipinski definition) is 3. The number of hydrogen-bond donors (Lipinski definition) is 2. The van der Waals surface area contributed by atoms with Gasteiger partial charge in [-0.2, -0.15) is 0 Å². The maximum absolute atomic E-state index is 12.8. The van der Waals surface area contributed by atoms with Gasteiger partial charge in [0.2, 0.25) is 5.91 Å². The first-order valence-corrected chi connectivity index (χ1v) is 11.2. The molecule has 5 rings (SSSR count). The Hall–Kier alpha value is -3.70. The summed E-state index contributed by atoms with van der Waals surface area (Å²) in [5.41, 5.74) is 3.21. The molecular formula is C27H22ClN3O2. The third-order valence-electron chi connectivity index (χ3n) is 5.98. The summed E-state index contributed by atoms with van der Waals surface area (Å²) in [7, 11) is 0. The third kappa shape index (κ3) is 4.73. The number of nitrogens with one attached hydrogen (secondary N) is 2. The summed E-state index contributed by atoms with van der Waals surface area (Å²) < 4.78 is 0. The molecule has 3 aromatic carbocycles. The van der Waals surface area contributed by atoms with Crippen molar-refractivity contribution in [1.82, 2.24) is 10.3 Å². The summed E-state index contributed by atoms with van der Waals surface area (Å²) in [5, 5.41) is 8.51. The molecule has 0 bridgehead atoms. The Morgan fingerprint density at radius 1 is 0.970 bits per heavy atom. The van der Waals surface area contributed by atoms with Crippen LogP contribution in [0.25, 0.3) is 10.8 Å². The van der Waals surface area contributed by atoms with E-state index < -0.39 is 0 Å². The van der Waals surface area contributed by atoms with E-state index in [1.165, 1.54) is 0 Å². The number of halogens is 1. The number of pyridine rings is 1. The molecule has 5 nitrogen and oxygen atoms in total. The Kier molecular flexibility index (Phi) is 5.80. The molecule has 0 radical (unpaired) electrons. The first-order chi connectivity index (χ1) is 16.1. The van der Waals surface area contributed by atoms with Crippen LogP contribution in [0.15, 0.2) is 85.1 Å². The van der Waals surface area contributed by atoms with Crippen molar-refractivity contribution in [2.75, 3.05) is 5.32 Å². The van der Waals surface area contributed by atoms with E-state index in [9.17, 15) is 9.59 Å². The van der Waals surface area contributed by atoms with E-state index in [-0.39, 0.29) is 23.7 Å². The summed E-state index contributed by atoms with van der Waals surface area (Å²) in [6.07, 6.45) is 2.50. The molecule has 2 amide bonds. The zero-order valence-corrected chi connectivity index (χ0v) is 18.5. The Morgan fingerprint density at radius 3 is 2.61 bits per heavy atom.